The molecule has 5 heteroatoms. The summed E-state index contributed by atoms with van der Waals surface area (Å²) in [6.07, 6.45) is 8.50. The summed E-state index contributed by atoms with van der Waals surface area (Å²) in [5.41, 5.74) is 0. The van der Waals surface area contributed by atoms with Crippen molar-refractivity contribution in [2.45, 2.75) is 75.5 Å². The monoisotopic (exact) mass is 296 g/mol. The summed E-state index contributed by atoms with van der Waals surface area (Å²) in [4.78, 5) is 23.4. The lowest BCUT2D eigenvalue weighted by atomic mass is 9.53. The summed E-state index contributed by atoms with van der Waals surface area (Å²) in [7, 11) is 0. The first-order valence-corrected chi connectivity index (χ1v) is 8.59. The van der Waals surface area contributed by atoms with Crippen LogP contribution in [0.25, 0.3) is 0 Å². The van der Waals surface area contributed by atoms with Gasteiger partial charge in [0.25, 0.3) is 0 Å². The zero-order valence-corrected chi connectivity index (χ0v) is 12.3. The van der Waals surface area contributed by atoms with Crippen molar-refractivity contribution in [3.8, 4) is 0 Å². The van der Waals surface area contributed by atoms with Crippen LogP contribution in [-0.2, 0) is 19.6 Å². The number of hydrogen-bond donors (Lipinski definition) is 1. The molecular weight excluding hydrogens is 272 g/mol. The zero-order valence-electron chi connectivity index (χ0n) is 12.3. The summed E-state index contributed by atoms with van der Waals surface area (Å²) >= 11 is 0. The van der Waals surface area contributed by atoms with Crippen LogP contribution in [0.15, 0.2) is 0 Å². The Labute approximate surface area is 124 Å². The molecule has 5 aliphatic carbocycles. The van der Waals surface area contributed by atoms with Gasteiger partial charge in [-0.25, -0.2) is 0 Å². The lowest BCUT2D eigenvalue weighted by molar-refractivity contribution is -0.680. The van der Waals surface area contributed by atoms with E-state index in [-0.39, 0.29) is 6.10 Å². The van der Waals surface area contributed by atoms with Gasteiger partial charge in [-0.05, 0) is 56.8 Å². The van der Waals surface area contributed by atoms with E-state index in [1.54, 1.807) is 0 Å². The third-order valence-corrected chi connectivity index (χ3v) is 6.64. The molecule has 1 heterocycles. The summed E-state index contributed by atoms with van der Waals surface area (Å²) in [5.74, 6) is 1.09. The Morgan fingerprint density at radius 2 is 1.24 bits per heavy atom. The highest BCUT2D eigenvalue weighted by atomic mass is 17.4. The van der Waals surface area contributed by atoms with E-state index in [1.807, 2.05) is 0 Å². The minimum absolute atomic E-state index is 0.250. The van der Waals surface area contributed by atoms with Crippen molar-refractivity contribution in [3.63, 3.8) is 0 Å². The van der Waals surface area contributed by atoms with Gasteiger partial charge in [0.15, 0.2) is 0 Å². The first-order valence-electron chi connectivity index (χ1n) is 8.59. The third-order valence-electron chi connectivity index (χ3n) is 6.64. The highest BCUT2D eigenvalue weighted by Gasteiger charge is 2.64. The van der Waals surface area contributed by atoms with Crippen LogP contribution in [0.5, 0.6) is 0 Å². The van der Waals surface area contributed by atoms with E-state index in [0.29, 0.717) is 37.5 Å². The number of aliphatic hydroxyl groups is 1. The Morgan fingerprint density at radius 1 is 0.714 bits per heavy atom. The molecule has 4 bridgehead atoms. The van der Waals surface area contributed by atoms with Gasteiger partial charge in [-0.1, -0.05) is 0 Å². The Morgan fingerprint density at radius 3 is 1.76 bits per heavy atom. The molecule has 0 aromatic heterocycles. The van der Waals surface area contributed by atoms with Gasteiger partial charge in [-0.15, -0.1) is 0 Å². The van der Waals surface area contributed by atoms with Crippen molar-refractivity contribution in [2.75, 3.05) is 0 Å². The van der Waals surface area contributed by atoms with Crippen LogP contribution in [0, 0.1) is 23.7 Å². The second kappa shape index (κ2) is 4.42. The highest BCUT2D eigenvalue weighted by Crippen LogP contribution is 2.61. The molecule has 5 nitrogen and oxygen atoms in total. The molecule has 0 unspecified atom stereocenters. The van der Waals surface area contributed by atoms with E-state index in [2.05, 4.69) is 0 Å². The van der Waals surface area contributed by atoms with Crippen molar-refractivity contribution in [3.05, 3.63) is 0 Å². The van der Waals surface area contributed by atoms with Crippen molar-refractivity contribution in [2.24, 2.45) is 23.7 Å². The molecule has 1 aliphatic heterocycles. The largest absolute Gasteiger partial charge is 0.393 e. The highest BCUT2D eigenvalue weighted by molar-refractivity contribution is 5.03. The zero-order chi connectivity index (χ0) is 14.1. The normalized spacial score (nSPS) is 59.0. The Hall–Kier alpha value is -0.200. The lowest BCUT2D eigenvalue weighted by Crippen LogP contribution is -2.64. The quantitative estimate of drug-likeness (QED) is 0.696. The lowest BCUT2D eigenvalue weighted by Gasteiger charge is -2.60. The number of hydrogen-bond acceptors (Lipinski definition) is 5. The minimum atomic E-state index is -0.793. The third kappa shape index (κ3) is 1.88. The molecule has 5 saturated carbocycles. The van der Waals surface area contributed by atoms with E-state index < -0.39 is 11.6 Å². The molecule has 6 aliphatic rings. The average molecular weight is 296 g/mol. The fourth-order valence-corrected chi connectivity index (χ4v) is 5.63. The Bertz CT molecular complexity index is 388. The predicted molar refractivity (Wildman–Crippen MR) is 71.3 cm³/mol. The summed E-state index contributed by atoms with van der Waals surface area (Å²) in [5, 5.41) is 9.64. The second-order valence-electron chi connectivity index (χ2n) is 8.00. The molecule has 0 aromatic carbocycles. The maximum Gasteiger partial charge on any atom is 0.239 e. The maximum atomic E-state index is 9.64. The summed E-state index contributed by atoms with van der Waals surface area (Å²) in [6, 6.07) is 0. The fourth-order valence-electron chi connectivity index (χ4n) is 5.63. The maximum absolute atomic E-state index is 9.64. The summed E-state index contributed by atoms with van der Waals surface area (Å²) < 4.78 is 0. The molecule has 21 heavy (non-hydrogen) atoms. The molecular formula is C16H24O5. The average Bonchev–Trinajstić information content (AvgIpc) is 2.49. The van der Waals surface area contributed by atoms with Crippen LogP contribution >= 0.6 is 0 Å². The van der Waals surface area contributed by atoms with Gasteiger partial charge in [-0.3, -0.25) is 0 Å². The molecule has 118 valence electrons. The van der Waals surface area contributed by atoms with E-state index in [4.69, 9.17) is 19.6 Å². The van der Waals surface area contributed by atoms with Gasteiger partial charge in [-0.2, -0.15) is 19.6 Å². The number of rotatable bonds is 0. The van der Waals surface area contributed by atoms with Gasteiger partial charge >= 0.3 is 0 Å². The Kier molecular flexibility index (Phi) is 2.79. The van der Waals surface area contributed by atoms with Crippen molar-refractivity contribution >= 4 is 0 Å². The molecule has 0 aromatic rings. The fraction of sp³-hybridized carbons (Fsp3) is 1.00. The summed E-state index contributed by atoms with van der Waals surface area (Å²) in [6.45, 7) is 0. The smallest absolute Gasteiger partial charge is 0.239 e. The van der Waals surface area contributed by atoms with Gasteiger partial charge in [0.2, 0.25) is 11.6 Å². The number of aliphatic hydroxyl groups excluding tert-OH is 1. The molecule has 2 spiro atoms. The van der Waals surface area contributed by atoms with Crippen LogP contribution in [0.4, 0.5) is 0 Å². The second-order valence-corrected chi connectivity index (χ2v) is 8.00. The van der Waals surface area contributed by atoms with Crippen LogP contribution in [0.2, 0.25) is 0 Å². The van der Waals surface area contributed by atoms with Gasteiger partial charge in [0, 0.05) is 24.7 Å². The van der Waals surface area contributed by atoms with Crippen LogP contribution < -0.4 is 0 Å². The van der Waals surface area contributed by atoms with E-state index >= 15 is 0 Å². The topological polar surface area (TPSA) is 57.2 Å². The van der Waals surface area contributed by atoms with Gasteiger partial charge in [0.05, 0.1) is 6.10 Å². The van der Waals surface area contributed by atoms with Crippen molar-refractivity contribution < 1.29 is 24.7 Å². The van der Waals surface area contributed by atoms with Crippen LogP contribution in [0.1, 0.15) is 57.8 Å². The molecule has 6 rings (SSSR count). The molecule has 6 fully saturated rings. The Balaban J connectivity index is 1.34. The van der Waals surface area contributed by atoms with Crippen LogP contribution in [-0.4, -0.2) is 22.8 Å². The molecule has 1 saturated heterocycles. The van der Waals surface area contributed by atoms with Crippen molar-refractivity contribution in [1.82, 2.24) is 0 Å². The van der Waals surface area contributed by atoms with Gasteiger partial charge < -0.3 is 5.11 Å². The minimum Gasteiger partial charge on any atom is -0.393 e. The predicted octanol–water partition coefficient (Wildman–Crippen LogP) is 2.68. The standard InChI is InChI=1S/C16H24O5/c17-14-1-3-15(4-2-14)18-20-16(21-19-15)12-6-10-5-11(8-12)9-13(16)7-10/h10-14,17H,1-9H2. The first-order chi connectivity index (χ1) is 10.2. The first kappa shape index (κ1) is 13.3. The molecule has 1 N–H and O–H groups in total. The van der Waals surface area contributed by atoms with Crippen molar-refractivity contribution in [1.29, 1.82) is 0 Å². The molecule has 0 radical (unpaired) electrons. The van der Waals surface area contributed by atoms with E-state index in [0.717, 1.165) is 11.8 Å². The van der Waals surface area contributed by atoms with Crippen LogP contribution in [0.3, 0.4) is 0 Å². The SMILES string of the molecule is OC1CCC2(CC1)OOC1(OO2)C2CC3CC(C2)CC1C3. The van der Waals surface area contributed by atoms with Gasteiger partial charge in [0.1, 0.15) is 0 Å². The van der Waals surface area contributed by atoms with E-state index in [1.165, 1.54) is 32.1 Å². The molecule has 0 amide bonds. The molecule has 0 atom stereocenters. The van der Waals surface area contributed by atoms with E-state index in [9.17, 15) is 5.11 Å².